The number of nitrogens with zero attached hydrogens (tertiary/aromatic N) is 1. The molecule has 0 aliphatic rings. The summed E-state index contributed by atoms with van der Waals surface area (Å²) >= 11 is 5.88. The number of halogens is 1. The molecule has 0 spiro atoms. The highest BCUT2D eigenvalue weighted by atomic mass is 35.5. The minimum atomic E-state index is -1.05. The Hall–Kier alpha value is -1.75. The monoisotopic (exact) mass is 284 g/mol. The molecule has 0 saturated heterocycles. The fourth-order valence-electron chi connectivity index (χ4n) is 1.49. The van der Waals surface area contributed by atoms with E-state index in [1.165, 1.54) is 14.0 Å². The fraction of sp³-hybridized carbons (Fsp3) is 0.385. The normalized spacial score (nSPS) is 13.5. The first-order chi connectivity index (χ1) is 8.82. The van der Waals surface area contributed by atoms with Gasteiger partial charge in [-0.25, -0.2) is 9.59 Å². The Morgan fingerprint density at radius 2 is 2.00 bits per heavy atom. The predicted octanol–water partition coefficient (Wildman–Crippen LogP) is 2.52. The molecule has 0 bridgehead atoms. The molecule has 19 heavy (non-hydrogen) atoms. The van der Waals surface area contributed by atoms with Crippen molar-refractivity contribution < 1.29 is 14.7 Å². The topological polar surface area (TPSA) is 69.6 Å². The number of hydrogen-bond donors (Lipinski definition) is 2. The molecule has 0 aliphatic heterocycles. The quantitative estimate of drug-likeness (QED) is 0.892. The maximum atomic E-state index is 11.9. The Kier molecular flexibility index (Phi) is 5.18. The van der Waals surface area contributed by atoms with Gasteiger partial charge in [0.05, 0.1) is 6.04 Å². The van der Waals surface area contributed by atoms with Gasteiger partial charge >= 0.3 is 12.0 Å². The van der Waals surface area contributed by atoms with E-state index in [-0.39, 0.29) is 6.04 Å². The van der Waals surface area contributed by atoms with Gasteiger partial charge in [0.2, 0.25) is 0 Å². The number of carbonyl (C=O) groups excluding carboxylic acids is 1. The van der Waals surface area contributed by atoms with E-state index in [4.69, 9.17) is 16.7 Å². The third-order valence-electron chi connectivity index (χ3n) is 2.95. The van der Waals surface area contributed by atoms with Crippen LogP contribution in [0, 0.1) is 0 Å². The molecule has 104 valence electrons. The summed E-state index contributed by atoms with van der Waals surface area (Å²) in [5.41, 5.74) is 0.859. The molecule has 1 aromatic carbocycles. The van der Waals surface area contributed by atoms with Crippen molar-refractivity contribution in [2.45, 2.75) is 25.9 Å². The van der Waals surface area contributed by atoms with Crippen molar-refractivity contribution in [1.29, 1.82) is 0 Å². The molecule has 0 aliphatic carbocycles. The number of amides is 2. The molecular weight excluding hydrogens is 268 g/mol. The molecule has 0 fully saturated rings. The minimum Gasteiger partial charge on any atom is -0.480 e. The fourth-order valence-corrected chi connectivity index (χ4v) is 1.69. The highest BCUT2D eigenvalue weighted by molar-refractivity contribution is 6.30. The second-order valence-corrected chi connectivity index (χ2v) is 4.79. The first-order valence-corrected chi connectivity index (χ1v) is 6.22. The van der Waals surface area contributed by atoms with Crippen molar-refractivity contribution in [3.8, 4) is 0 Å². The molecular formula is C13H17ClN2O3. The van der Waals surface area contributed by atoms with Crippen LogP contribution in [0.15, 0.2) is 24.3 Å². The molecule has 1 rings (SSSR count). The summed E-state index contributed by atoms with van der Waals surface area (Å²) in [6.45, 7) is 3.26. The van der Waals surface area contributed by atoms with Crippen molar-refractivity contribution in [2.24, 2.45) is 0 Å². The lowest BCUT2D eigenvalue weighted by Gasteiger charge is -2.24. The van der Waals surface area contributed by atoms with Crippen LogP contribution in [0.2, 0.25) is 5.02 Å². The molecule has 0 radical (unpaired) electrons. The number of nitrogens with one attached hydrogen (secondary N) is 1. The van der Waals surface area contributed by atoms with Gasteiger partial charge in [-0.3, -0.25) is 0 Å². The second-order valence-electron chi connectivity index (χ2n) is 4.35. The molecule has 1 aromatic rings. The van der Waals surface area contributed by atoms with Gasteiger partial charge in [-0.1, -0.05) is 23.7 Å². The van der Waals surface area contributed by atoms with Crippen LogP contribution in [0.5, 0.6) is 0 Å². The predicted molar refractivity (Wildman–Crippen MR) is 73.3 cm³/mol. The summed E-state index contributed by atoms with van der Waals surface area (Å²) in [5.74, 6) is -1.05. The number of aliphatic carboxylic acids is 1. The first kappa shape index (κ1) is 15.3. The molecule has 2 unspecified atom stereocenters. The van der Waals surface area contributed by atoms with Crippen molar-refractivity contribution in [3.63, 3.8) is 0 Å². The number of benzene rings is 1. The van der Waals surface area contributed by atoms with E-state index in [0.717, 1.165) is 10.5 Å². The molecule has 2 amide bonds. The highest BCUT2D eigenvalue weighted by Gasteiger charge is 2.22. The van der Waals surface area contributed by atoms with Crippen LogP contribution in [-0.2, 0) is 4.79 Å². The average molecular weight is 285 g/mol. The molecule has 0 aromatic heterocycles. The molecule has 0 saturated carbocycles. The van der Waals surface area contributed by atoms with Crippen LogP contribution in [-0.4, -0.2) is 35.1 Å². The zero-order valence-electron chi connectivity index (χ0n) is 11.1. The van der Waals surface area contributed by atoms with Crippen LogP contribution in [0.25, 0.3) is 0 Å². The summed E-state index contributed by atoms with van der Waals surface area (Å²) in [6, 6.07) is 5.57. The third-order valence-corrected chi connectivity index (χ3v) is 3.18. The van der Waals surface area contributed by atoms with E-state index >= 15 is 0 Å². The standard InChI is InChI=1S/C13H17ClN2O3/c1-8(10-5-4-6-11(14)7-10)15-13(19)16(3)9(2)12(17)18/h4-9H,1-3H3,(H,15,19)(H,17,18). The zero-order chi connectivity index (χ0) is 14.6. The lowest BCUT2D eigenvalue weighted by atomic mass is 10.1. The van der Waals surface area contributed by atoms with Crippen molar-refractivity contribution in [2.75, 3.05) is 7.05 Å². The van der Waals surface area contributed by atoms with Crippen LogP contribution >= 0.6 is 11.6 Å². The Balaban J connectivity index is 2.69. The molecule has 2 N–H and O–H groups in total. The van der Waals surface area contributed by atoms with E-state index in [0.29, 0.717) is 5.02 Å². The SMILES string of the molecule is CC(NC(=O)N(C)C(C)C(=O)O)c1cccc(Cl)c1. The lowest BCUT2D eigenvalue weighted by molar-refractivity contribution is -0.141. The smallest absolute Gasteiger partial charge is 0.326 e. The Morgan fingerprint density at radius 1 is 1.37 bits per heavy atom. The minimum absolute atomic E-state index is 0.255. The number of carbonyl (C=O) groups is 2. The summed E-state index contributed by atoms with van der Waals surface area (Å²) in [6.07, 6.45) is 0. The van der Waals surface area contributed by atoms with Gasteiger partial charge in [0.15, 0.2) is 0 Å². The van der Waals surface area contributed by atoms with Gasteiger partial charge in [0.1, 0.15) is 6.04 Å². The summed E-state index contributed by atoms with van der Waals surface area (Å²) in [7, 11) is 1.44. The number of urea groups is 1. The number of likely N-dealkylation sites (N-methyl/N-ethyl adjacent to an activating group) is 1. The largest absolute Gasteiger partial charge is 0.480 e. The molecule has 0 heterocycles. The molecule has 5 nitrogen and oxygen atoms in total. The first-order valence-electron chi connectivity index (χ1n) is 5.84. The number of carboxylic acids is 1. The Bertz CT molecular complexity index is 479. The van der Waals surface area contributed by atoms with E-state index in [2.05, 4.69) is 5.32 Å². The maximum absolute atomic E-state index is 11.9. The summed E-state index contributed by atoms with van der Waals surface area (Å²) < 4.78 is 0. The number of hydrogen-bond acceptors (Lipinski definition) is 2. The number of carboxylic acid groups (broad SMARTS) is 1. The lowest BCUT2D eigenvalue weighted by Crippen LogP contribution is -2.46. The van der Waals surface area contributed by atoms with Gasteiger partial charge in [0.25, 0.3) is 0 Å². The van der Waals surface area contributed by atoms with Crippen molar-refractivity contribution >= 4 is 23.6 Å². The van der Waals surface area contributed by atoms with Gasteiger partial charge in [-0.2, -0.15) is 0 Å². The van der Waals surface area contributed by atoms with Gasteiger partial charge in [0, 0.05) is 12.1 Å². The highest BCUT2D eigenvalue weighted by Crippen LogP contribution is 2.17. The van der Waals surface area contributed by atoms with Crippen molar-refractivity contribution in [3.05, 3.63) is 34.9 Å². The number of rotatable bonds is 4. The Labute approximate surface area is 117 Å². The van der Waals surface area contributed by atoms with Gasteiger partial charge < -0.3 is 15.3 Å². The van der Waals surface area contributed by atoms with Crippen LogP contribution in [0.3, 0.4) is 0 Å². The maximum Gasteiger partial charge on any atom is 0.326 e. The van der Waals surface area contributed by atoms with Gasteiger partial charge in [-0.05, 0) is 31.5 Å². The molecule has 2 atom stereocenters. The van der Waals surface area contributed by atoms with Crippen LogP contribution in [0.4, 0.5) is 4.79 Å². The zero-order valence-corrected chi connectivity index (χ0v) is 11.8. The van der Waals surface area contributed by atoms with E-state index < -0.39 is 18.0 Å². The van der Waals surface area contributed by atoms with Crippen molar-refractivity contribution in [1.82, 2.24) is 10.2 Å². The van der Waals surface area contributed by atoms with Crippen LogP contribution in [0.1, 0.15) is 25.5 Å². The third kappa shape index (κ3) is 4.13. The molecule has 6 heteroatoms. The summed E-state index contributed by atoms with van der Waals surface area (Å²) in [4.78, 5) is 23.8. The second kappa shape index (κ2) is 6.43. The van der Waals surface area contributed by atoms with E-state index in [1.54, 1.807) is 18.2 Å². The van der Waals surface area contributed by atoms with Crippen LogP contribution < -0.4 is 5.32 Å². The van der Waals surface area contributed by atoms with Gasteiger partial charge in [-0.15, -0.1) is 0 Å². The Morgan fingerprint density at radius 3 is 2.53 bits per heavy atom. The van der Waals surface area contributed by atoms with E-state index in [1.807, 2.05) is 13.0 Å². The average Bonchev–Trinajstić information content (AvgIpc) is 2.36. The summed E-state index contributed by atoms with van der Waals surface area (Å²) in [5, 5.41) is 12.2. The van der Waals surface area contributed by atoms with E-state index in [9.17, 15) is 9.59 Å².